The number of amides is 2. The summed E-state index contributed by atoms with van der Waals surface area (Å²) in [5.41, 5.74) is 3.18. The molecular formula is C32H39N3O4S. The van der Waals surface area contributed by atoms with Crippen LogP contribution >= 0.6 is 0 Å². The van der Waals surface area contributed by atoms with Crippen molar-refractivity contribution in [2.24, 2.45) is 0 Å². The second-order valence-electron chi connectivity index (χ2n) is 10.5. The molecule has 212 valence electrons. The van der Waals surface area contributed by atoms with E-state index in [-0.39, 0.29) is 23.4 Å². The first-order chi connectivity index (χ1) is 19.2. The van der Waals surface area contributed by atoms with E-state index in [4.69, 9.17) is 0 Å². The van der Waals surface area contributed by atoms with Crippen molar-refractivity contribution in [2.75, 3.05) is 17.4 Å². The molecule has 1 aliphatic rings. The van der Waals surface area contributed by atoms with Crippen LogP contribution in [0.5, 0.6) is 0 Å². The van der Waals surface area contributed by atoms with Gasteiger partial charge < -0.3 is 10.2 Å². The van der Waals surface area contributed by atoms with E-state index in [1.165, 1.54) is 21.3 Å². The van der Waals surface area contributed by atoms with Crippen LogP contribution in [0.2, 0.25) is 0 Å². The Bertz CT molecular complexity index is 1400. The molecule has 7 nitrogen and oxygen atoms in total. The predicted molar refractivity (Wildman–Crippen MR) is 159 cm³/mol. The number of rotatable bonds is 11. The molecule has 4 rings (SSSR count). The van der Waals surface area contributed by atoms with E-state index in [0.717, 1.165) is 42.4 Å². The van der Waals surface area contributed by atoms with Crippen LogP contribution in [0.1, 0.15) is 49.3 Å². The SMILES string of the molecule is Cc1cccc(N(CC(=O)N(CCc2ccccc2)[C@H](C)C(=O)NC2CCCC2)S(=O)(=O)c2ccccc2)c1C. The van der Waals surface area contributed by atoms with Gasteiger partial charge in [-0.05, 0) is 74.9 Å². The maximum atomic E-state index is 14.0. The van der Waals surface area contributed by atoms with E-state index >= 15 is 0 Å². The molecule has 0 unspecified atom stereocenters. The minimum atomic E-state index is -4.07. The zero-order valence-electron chi connectivity index (χ0n) is 23.5. The van der Waals surface area contributed by atoms with Gasteiger partial charge in [-0.15, -0.1) is 0 Å². The van der Waals surface area contributed by atoms with E-state index in [1.807, 2.05) is 50.2 Å². The van der Waals surface area contributed by atoms with Crippen molar-refractivity contribution in [1.82, 2.24) is 10.2 Å². The zero-order valence-corrected chi connectivity index (χ0v) is 24.4. The molecule has 3 aromatic carbocycles. The van der Waals surface area contributed by atoms with Gasteiger partial charge in [0.1, 0.15) is 12.6 Å². The summed E-state index contributed by atoms with van der Waals surface area (Å²) in [5.74, 6) is -0.636. The van der Waals surface area contributed by atoms with Gasteiger partial charge in [0.25, 0.3) is 10.0 Å². The smallest absolute Gasteiger partial charge is 0.264 e. The Kier molecular flexibility index (Phi) is 9.63. The molecule has 2 amide bonds. The Balaban J connectivity index is 1.66. The molecule has 0 radical (unpaired) electrons. The molecule has 0 saturated heterocycles. The zero-order chi connectivity index (χ0) is 28.7. The molecule has 0 aliphatic heterocycles. The lowest BCUT2D eigenvalue weighted by Crippen LogP contribution is -2.53. The van der Waals surface area contributed by atoms with Crippen LogP contribution in [-0.2, 0) is 26.0 Å². The third-order valence-corrected chi connectivity index (χ3v) is 9.58. The van der Waals surface area contributed by atoms with Gasteiger partial charge in [-0.2, -0.15) is 0 Å². The van der Waals surface area contributed by atoms with Crippen molar-refractivity contribution in [3.05, 3.63) is 95.6 Å². The van der Waals surface area contributed by atoms with Crippen molar-refractivity contribution in [1.29, 1.82) is 0 Å². The normalized spacial score (nSPS) is 14.5. The van der Waals surface area contributed by atoms with Gasteiger partial charge in [0, 0.05) is 12.6 Å². The third kappa shape index (κ3) is 6.91. The van der Waals surface area contributed by atoms with Crippen LogP contribution in [0.3, 0.4) is 0 Å². The van der Waals surface area contributed by atoms with E-state index < -0.39 is 28.5 Å². The molecule has 0 aromatic heterocycles. The van der Waals surface area contributed by atoms with Gasteiger partial charge in [0.2, 0.25) is 11.8 Å². The van der Waals surface area contributed by atoms with E-state index in [9.17, 15) is 18.0 Å². The highest BCUT2D eigenvalue weighted by molar-refractivity contribution is 7.92. The topological polar surface area (TPSA) is 86.8 Å². The van der Waals surface area contributed by atoms with Crippen molar-refractivity contribution in [2.45, 2.75) is 69.9 Å². The fourth-order valence-electron chi connectivity index (χ4n) is 5.20. The summed E-state index contributed by atoms with van der Waals surface area (Å²) in [7, 11) is -4.07. The van der Waals surface area contributed by atoms with Gasteiger partial charge in [0.15, 0.2) is 0 Å². The first-order valence-electron chi connectivity index (χ1n) is 14.0. The van der Waals surface area contributed by atoms with Crippen LogP contribution in [-0.4, -0.2) is 50.3 Å². The highest BCUT2D eigenvalue weighted by Crippen LogP contribution is 2.29. The summed E-state index contributed by atoms with van der Waals surface area (Å²) in [6, 6.07) is 22.7. The first kappa shape index (κ1) is 29.3. The lowest BCUT2D eigenvalue weighted by Gasteiger charge is -2.33. The first-order valence-corrected chi connectivity index (χ1v) is 15.4. The Labute approximate surface area is 238 Å². The number of carbonyl (C=O) groups is 2. The van der Waals surface area contributed by atoms with Crippen LogP contribution in [0.15, 0.2) is 83.8 Å². The van der Waals surface area contributed by atoms with E-state index in [1.54, 1.807) is 37.3 Å². The quantitative estimate of drug-likeness (QED) is 0.356. The fourth-order valence-corrected chi connectivity index (χ4v) is 6.69. The summed E-state index contributed by atoms with van der Waals surface area (Å²) >= 11 is 0. The lowest BCUT2D eigenvalue weighted by molar-refractivity contribution is -0.139. The van der Waals surface area contributed by atoms with Crippen molar-refractivity contribution in [3.63, 3.8) is 0 Å². The summed E-state index contributed by atoms with van der Waals surface area (Å²) in [5, 5.41) is 3.11. The van der Waals surface area contributed by atoms with E-state index in [0.29, 0.717) is 12.1 Å². The molecule has 0 heterocycles. The Hall–Kier alpha value is -3.65. The minimum absolute atomic E-state index is 0.103. The summed E-state index contributed by atoms with van der Waals surface area (Å²) in [6.07, 6.45) is 4.58. The molecule has 1 fully saturated rings. The highest BCUT2D eigenvalue weighted by Gasteiger charge is 2.33. The Morgan fingerprint density at radius 1 is 0.900 bits per heavy atom. The predicted octanol–water partition coefficient (Wildman–Crippen LogP) is 5.02. The molecule has 1 aliphatic carbocycles. The Morgan fingerprint density at radius 3 is 2.17 bits per heavy atom. The number of sulfonamides is 1. The number of aryl methyl sites for hydroxylation is 1. The molecule has 0 spiro atoms. The van der Waals surface area contributed by atoms with Crippen LogP contribution in [0.4, 0.5) is 5.69 Å². The number of carbonyl (C=O) groups excluding carboxylic acids is 2. The molecule has 1 atom stereocenters. The Morgan fingerprint density at radius 2 is 1.52 bits per heavy atom. The summed E-state index contributed by atoms with van der Waals surface area (Å²) < 4.78 is 29.1. The van der Waals surface area contributed by atoms with Crippen molar-refractivity contribution >= 4 is 27.5 Å². The lowest BCUT2D eigenvalue weighted by atomic mass is 10.1. The standard InChI is InChI=1S/C32H39N3O4S/c1-24-13-12-20-30(25(24)2)35(40(38,39)29-18-8-5-9-19-29)23-31(36)34(22-21-27-14-6-4-7-15-27)26(3)32(37)33-28-16-10-11-17-28/h4-9,12-15,18-20,26,28H,10-11,16-17,21-23H2,1-3H3,(H,33,37)/t26-/m1/s1. The number of hydrogen-bond donors (Lipinski definition) is 1. The fraction of sp³-hybridized carbons (Fsp3) is 0.375. The number of hydrogen-bond acceptors (Lipinski definition) is 4. The number of nitrogens with one attached hydrogen (secondary N) is 1. The molecule has 1 saturated carbocycles. The molecule has 3 aromatic rings. The molecule has 0 bridgehead atoms. The third-order valence-electron chi connectivity index (χ3n) is 7.81. The van der Waals surface area contributed by atoms with Gasteiger partial charge >= 0.3 is 0 Å². The van der Waals surface area contributed by atoms with E-state index in [2.05, 4.69) is 5.32 Å². The van der Waals surface area contributed by atoms with Crippen molar-refractivity contribution in [3.8, 4) is 0 Å². The average Bonchev–Trinajstić information content (AvgIpc) is 3.47. The summed E-state index contributed by atoms with van der Waals surface area (Å²) in [4.78, 5) is 29.0. The molecule has 40 heavy (non-hydrogen) atoms. The van der Waals surface area contributed by atoms with Gasteiger partial charge in [-0.25, -0.2) is 8.42 Å². The number of anilines is 1. The average molecular weight is 562 g/mol. The maximum absolute atomic E-state index is 14.0. The number of nitrogens with zero attached hydrogens (tertiary/aromatic N) is 2. The summed E-state index contributed by atoms with van der Waals surface area (Å²) in [6.45, 7) is 5.36. The van der Waals surface area contributed by atoms with Crippen molar-refractivity contribution < 1.29 is 18.0 Å². The molecule has 1 N–H and O–H groups in total. The second-order valence-corrected chi connectivity index (χ2v) is 12.4. The van der Waals surface area contributed by atoms with Crippen LogP contribution in [0.25, 0.3) is 0 Å². The van der Waals surface area contributed by atoms with Gasteiger partial charge in [0.05, 0.1) is 10.6 Å². The highest BCUT2D eigenvalue weighted by atomic mass is 32.2. The van der Waals surface area contributed by atoms with Gasteiger partial charge in [-0.3, -0.25) is 13.9 Å². The monoisotopic (exact) mass is 561 g/mol. The van der Waals surface area contributed by atoms with Crippen LogP contribution < -0.4 is 9.62 Å². The largest absolute Gasteiger partial charge is 0.352 e. The van der Waals surface area contributed by atoms with Crippen LogP contribution in [0, 0.1) is 13.8 Å². The molecular weight excluding hydrogens is 522 g/mol. The second kappa shape index (κ2) is 13.1. The minimum Gasteiger partial charge on any atom is -0.352 e. The maximum Gasteiger partial charge on any atom is 0.264 e. The van der Waals surface area contributed by atoms with Gasteiger partial charge in [-0.1, -0.05) is 73.5 Å². The molecule has 8 heteroatoms. The number of benzene rings is 3.